The molecule has 0 aliphatic rings. The highest BCUT2D eigenvalue weighted by Crippen LogP contribution is 2.25. The standard InChI is InChI=1S/C14H14Cl2N2OS/c1-8(10-3-4-12(15)13(16)5-10)17-14(19)6-11-7-20-9(2)18-11/h3-5,7-8H,6H2,1-2H3,(H,17,19). The van der Waals surface area contributed by atoms with Crippen molar-refractivity contribution >= 4 is 40.4 Å². The second-order valence-electron chi connectivity index (χ2n) is 4.50. The van der Waals surface area contributed by atoms with Crippen LogP contribution in [0.4, 0.5) is 0 Å². The van der Waals surface area contributed by atoms with E-state index in [0.717, 1.165) is 16.3 Å². The molecule has 6 heteroatoms. The van der Waals surface area contributed by atoms with Gasteiger partial charge in [0.25, 0.3) is 0 Å². The minimum atomic E-state index is -0.128. The quantitative estimate of drug-likeness (QED) is 0.914. The highest BCUT2D eigenvalue weighted by Gasteiger charge is 2.12. The molecule has 2 rings (SSSR count). The molecule has 0 aliphatic heterocycles. The minimum Gasteiger partial charge on any atom is -0.349 e. The van der Waals surface area contributed by atoms with Crippen molar-refractivity contribution in [2.45, 2.75) is 26.3 Å². The molecule has 3 nitrogen and oxygen atoms in total. The summed E-state index contributed by atoms with van der Waals surface area (Å²) in [5.74, 6) is -0.0612. The van der Waals surface area contributed by atoms with Crippen LogP contribution in [0.3, 0.4) is 0 Å². The van der Waals surface area contributed by atoms with Gasteiger partial charge in [-0.05, 0) is 31.5 Å². The van der Waals surface area contributed by atoms with Crippen LogP contribution in [0.5, 0.6) is 0 Å². The number of amides is 1. The van der Waals surface area contributed by atoms with Crippen molar-refractivity contribution in [3.8, 4) is 0 Å². The fourth-order valence-corrected chi connectivity index (χ4v) is 2.73. The average Bonchev–Trinajstić information content (AvgIpc) is 2.77. The van der Waals surface area contributed by atoms with Gasteiger partial charge in [0.1, 0.15) is 0 Å². The van der Waals surface area contributed by atoms with Gasteiger partial charge in [0.2, 0.25) is 5.91 Å². The Morgan fingerprint density at radius 1 is 1.40 bits per heavy atom. The zero-order chi connectivity index (χ0) is 14.7. The van der Waals surface area contributed by atoms with Gasteiger partial charge in [-0.3, -0.25) is 4.79 Å². The number of hydrogen-bond donors (Lipinski definition) is 1. The van der Waals surface area contributed by atoms with Gasteiger partial charge in [-0.25, -0.2) is 4.98 Å². The van der Waals surface area contributed by atoms with Crippen molar-refractivity contribution in [2.24, 2.45) is 0 Å². The first-order valence-electron chi connectivity index (χ1n) is 6.11. The summed E-state index contributed by atoms with van der Waals surface area (Å²) in [7, 11) is 0. The van der Waals surface area contributed by atoms with Gasteiger partial charge in [-0.15, -0.1) is 11.3 Å². The topological polar surface area (TPSA) is 42.0 Å². The molecule has 0 radical (unpaired) electrons. The highest BCUT2D eigenvalue weighted by atomic mass is 35.5. The van der Waals surface area contributed by atoms with E-state index < -0.39 is 0 Å². The summed E-state index contributed by atoms with van der Waals surface area (Å²) in [5, 5.41) is 6.78. The molecule has 1 heterocycles. The van der Waals surface area contributed by atoms with Gasteiger partial charge in [0.05, 0.1) is 33.2 Å². The Morgan fingerprint density at radius 3 is 2.75 bits per heavy atom. The van der Waals surface area contributed by atoms with Crippen LogP contribution < -0.4 is 5.32 Å². The molecule has 106 valence electrons. The number of rotatable bonds is 4. The molecule has 0 saturated carbocycles. The summed E-state index contributed by atoms with van der Waals surface area (Å²) in [4.78, 5) is 16.2. The fourth-order valence-electron chi connectivity index (χ4n) is 1.81. The Bertz CT molecular complexity index is 627. The lowest BCUT2D eigenvalue weighted by Gasteiger charge is -2.14. The van der Waals surface area contributed by atoms with Crippen LogP contribution in [-0.4, -0.2) is 10.9 Å². The molecule has 1 N–H and O–H groups in total. The number of aryl methyl sites for hydroxylation is 1. The number of thiazole rings is 1. The largest absolute Gasteiger partial charge is 0.349 e. The normalized spacial score (nSPS) is 12.2. The minimum absolute atomic E-state index is 0.0612. The number of aromatic nitrogens is 1. The molecule has 0 fully saturated rings. The van der Waals surface area contributed by atoms with Gasteiger partial charge in [-0.1, -0.05) is 29.3 Å². The molecule has 20 heavy (non-hydrogen) atoms. The first-order chi connectivity index (χ1) is 9.45. The van der Waals surface area contributed by atoms with Gasteiger partial charge < -0.3 is 5.32 Å². The predicted octanol–water partition coefficient (Wildman–Crippen LogP) is 4.18. The summed E-state index contributed by atoms with van der Waals surface area (Å²) in [6, 6.07) is 5.22. The SMILES string of the molecule is Cc1nc(CC(=O)NC(C)c2ccc(Cl)c(Cl)c2)cs1. The number of nitrogens with zero attached hydrogens (tertiary/aromatic N) is 1. The van der Waals surface area contributed by atoms with Crippen LogP contribution in [0.25, 0.3) is 0 Å². The third-order valence-corrected chi connectivity index (χ3v) is 4.39. The van der Waals surface area contributed by atoms with E-state index in [1.807, 2.05) is 25.3 Å². The van der Waals surface area contributed by atoms with Crippen molar-refractivity contribution in [1.82, 2.24) is 10.3 Å². The average molecular weight is 329 g/mol. The van der Waals surface area contributed by atoms with Crippen molar-refractivity contribution in [2.75, 3.05) is 0 Å². The summed E-state index contributed by atoms with van der Waals surface area (Å²) in [6.45, 7) is 3.83. The molecule has 1 atom stereocenters. The van der Waals surface area contributed by atoms with E-state index in [2.05, 4.69) is 10.3 Å². The Hall–Kier alpha value is -1.10. The number of carbonyl (C=O) groups excluding carboxylic acids is 1. The van der Waals surface area contributed by atoms with E-state index in [1.165, 1.54) is 0 Å². The third kappa shape index (κ3) is 3.95. The first kappa shape index (κ1) is 15.3. The van der Waals surface area contributed by atoms with Crippen LogP contribution in [0, 0.1) is 6.92 Å². The maximum atomic E-state index is 12.0. The molecular formula is C14H14Cl2N2OS. The van der Waals surface area contributed by atoms with Gasteiger partial charge >= 0.3 is 0 Å². The Labute approximate surface area is 131 Å². The van der Waals surface area contributed by atoms with Gasteiger partial charge in [-0.2, -0.15) is 0 Å². The Balaban J connectivity index is 1.98. The van der Waals surface area contributed by atoms with Crippen LogP contribution in [0.1, 0.15) is 29.2 Å². The highest BCUT2D eigenvalue weighted by molar-refractivity contribution is 7.09. The molecular weight excluding hydrogens is 315 g/mol. The summed E-state index contributed by atoms with van der Waals surface area (Å²) < 4.78 is 0. The summed E-state index contributed by atoms with van der Waals surface area (Å²) in [5.41, 5.74) is 1.72. The number of halogens is 2. The molecule has 1 amide bonds. The predicted molar refractivity (Wildman–Crippen MR) is 83.6 cm³/mol. The van der Waals surface area contributed by atoms with E-state index in [4.69, 9.17) is 23.2 Å². The zero-order valence-corrected chi connectivity index (χ0v) is 13.4. The fraction of sp³-hybridized carbons (Fsp3) is 0.286. The molecule has 1 aromatic heterocycles. The summed E-state index contributed by atoms with van der Waals surface area (Å²) in [6.07, 6.45) is 0.288. The second kappa shape index (κ2) is 6.57. The molecule has 0 bridgehead atoms. The maximum Gasteiger partial charge on any atom is 0.226 e. The molecule has 0 spiro atoms. The summed E-state index contributed by atoms with van der Waals surface area (Å²) >= 11 is 13.4. The van der Waals surface area contributed by atoms with Crippen LogP contribution in [0.15, 0.2) is 23.6 Å². The van der Waals surface area contributed by atoms with Crippen LogP contribution in [0.2, 0.25) is 10.0 Å². The monoisotopic (exact) mass is 328 g/mol. The van der Waals surface area contributed by atoms with E-state index in [1.54, 1.807) is 23.5 Å². The number of benzene rings is 1. The van der Waals surface area contributed by atoms with E-state index >= 15 is 0 Å². The van der Waals surface area contributed by atoms with Crippen molar-refractivity contribution < 1.29 is 4.79 Å². The maximum absolute atomic E-state index is 12.0. The zero-order valence-electron chi connectivity index (χ0n) is 11.1. The lowest BCUT2D eigenvalue weighted by molar-refractivity contribution is -0.121. The van der Waals surface area contributed by atoms with Crippen molar-refractivity contribution in [3.63, 3.8) is 0 Å². The van der Waals surface area contributed by atoms with Gasteiger partial charge in [0, 0.05) is 5.38 Å². The first-order valence-corrected chi connectivity index (χ1v) is 7.74. The van der Waals surface area contributed by atoms with E-state index in [9.17, 15) is 4.79 Å². The third-order valence-electron chi connectivity index (χ3n) is 2.83. The molecule has 1 unspecified atom stereocenters. The van der Waals surface area contributed by atoms with Crippen molar-refractivity contribution in [3.05, 3.63) is 49.9 Å². The molecule has 0 saturated heterocycles. The lowest BCUT2D eigenvalue weighted by atomic mass is 10.1. The smallest absolute Gasteiger partial charge is 0.226 e. The molecule has 0 aliphatic carbocycles. The van der Waals surface area contributed by atoms with Crippen molar-refractivity contribution in [1.29, 1.82) is 0 Å². The molecule has 2 aromatic rings. The number of hydrogen-bond acceptors (Lipinski definition) is 3. The Kier molecular flexibility index (Phi) is 5.02. The van der Waals surface area contributed by atoms with E-state index in [0.29, 0.717) is 10.0 Å². The Morgan fingerprint density at radius 2 is 2.15 bits per heavy atom. The lowest BCUT2D eigenvalue weighted by Crippen LogP contribution is -2.28. The number of nitrogens with one attached hydrogen (secondary N) is 1. The van der Waals surface area contributed by atoms with Crippen LogP contribution in [-0.2, 0) is 11.2 Å². The van der Waals surface area contributed by atoms with Gasteiger partial charge in [0.15, 0.2) is 0 Å². The number of carbonyl (C=O) groups is 1. The second-order valence-corrected chi connectivity index (χ2v) is 6.37. The van der Waals surface area contributed by atoms with Crippen LogP contribution >= 0.6 is 34.5 Å². The molecule has 1 aromatic carbocycles. The van der Waals surface area contributed by atoms with E-state index in [-0.39, 0.29) is 18.4 Å².